The first-order valence-corrected chi connectivity index (χ1v) is 9.67. The van der Waals surface area contributed by atoms with E-state index in [-0.39, 0.29) is 17.9 Å². The van der Waals surface area contributed by atoms with E-state index in [4.69, 9.17) is 4.74 Å². The number of hydrogen-bond acceptors (Lipinski definition) is 4. The lowest BCUT2D eigenvalue weighted by atomic mass is 9.56. The van der Waals surface area contributed by atoms with Crippen molar-refractivity contribution in [3.8, 4) is 0 Å². The number of esters is 1. The molecule has 5 nitrogen and oxygen atoms in total. The first-order valence-electron chi connectivity index (χ1n) is 9.67. The smallest absolute Gasteiger partial charge is 0.319 e. The number of aromatic nitrogens is 1. The quantitative estimate of drug-likeness (QED) is 0.812. The summed E-state index contributed by atoms with van der Waals surface area (Å²) in [6.45, 7) is 3.82. The number of aromatic amines is 1. The van der Waals surface area contributed by atoms with Crippen LogP contribution in [0.15, 0.2) is 24.3 Å². The summed E-state index contributed by atoms with van der Waals surface area (Å²) >= 11 is 0. The van der Waals surface area contributed by atoms with E-state index in [0.717, 1.165) is 43.6 Å². The first kappa shape index (κ1) is 16.3. The van der Waals surface area contributed by atoms with Gasteiger partial charge >= 0.3 is 5.97 Å². The van der Waals surface area contributed by atoms with Crippen molar-refractivity contribution in [2.75, 3.05) is 20.2 Å². The lowest BCUT2D eigenvalue weighted by Gasteiger charge is -2.58. The minimum absolute atomic E-state index is 0.00531. The minimum Gasteiger partial charge on any atom is -0.468 e. The van der Waals surface area contributed by atoms with Crippen LogP contribution in [0.25, 0.3) is 10.9 Å². The van der Waals surface area contributed by atoms with Crippen LogP contribution in [0.4, 0.5) is 0 Å². The van der Waals surface area contributed by atoms with E-state index < -0.39 is 11.5 Å². The number of carbonyl (C=O) groups is 1. The van der Waals surface area contributed by atoms with Crippen LogP contribution >= 0.6 is 0 Å². The molecule has 2 saturated heterocycles. The van der Waals surface area contributed by atoms with Gasteiger partial charge in [-0.2, -0.15) is 0 Å². The second-order valence-electron chi connectivity index (χ2n) is 8.39. The van der Waals surface area contributed by atoms with Crippen molar-refractivity contribution in [3.63, 3.8) is 0 Å². The standard InChI is InChI=1S/C21H26N2O3/c1-12(24)16-9-13-10-21(20(25)26-2)18-15(7-8-23(11-13)19(16)21)14-5-3-4-6-17(14)22-18/h3-6,12-13,16,19,22,24H,7-11H2,1-2H3/t12-,13+,16+,19-,21+/m0/s1. The molecule has 4 aliphatic rings. The molecule has 4 heterocycles. The van der Waals surface area contributed by atoms with Gasteiger partial charge in [-0.15, -0.1) is 0 Å². The largest absolute Gasteiger partial charge is 0.468 e. The van der Waals surface area contributed by atoms with Crippen molar-refractivity contribution in [2.24, 2.45) is 11.8 Å². The highest BCUT2D eigenvalue weighted by Crippen LogP contribution is 2.55. The van der Waals surface area contributed by atoms with Gasteiger partial charge in [-0.3, -0.25) is 9.69 Å². The molecule has 0 radical (unpaired) electrons. The van der Waals surface area contributed by atoms with E-state index in [9.17, 15) is 9.90 Å². The molecule has 1 aromatic heterocycles. The second kappa shape index (κ2) is 5.57. The molecular formula is C21H26N2O3. The first-order chi connectivity index (χ1) is 12.6. The number of rotatable bonds is 2. The van der Waals surface area contributed by atoms with Gasteiger partial charge in [0.05, 0.1) is 13.2 Å². The Balaban J connectivity index is 1.80. The number of aliphatic hydroxyl groups excluding tert-OH is 1. The highest BCUT2D eigenvalue weighted by atomic mass is 16.5. The maximum atomic E-state index is 13.3. The zero-order chi connectivity index (χ0) is 18.1. The van der Waals surface area contributed by atoms with Crippen LogP contribution in [0, 0.1) is 11.8 Å². The Kier molecular flexibility index (Phi) is 3.50. The molecule has 0 amide bonds. The summed E-state index contributed by atoms with van der Waals surface area (Å²) in [5.41, 5.74) is 2.67. The number of carbonyl (C=O) groups excluding carboxylic acids is 1. The molecule has 3 fully saturated rings. The van der Waals surface area contributed by atoms with Crippen LogP contribution in [0.1, 0.15) is 31.0 Å². The van der Waals surface area contributed by atoms with Gasteiger partial charge in [0.15, 0.2) is 0 Å². The number of methoxy groups -OCH3 is 1. The van der Waals surface area contributed by atoms with Crippen LogP contribution < -0.4 is 0 Å². The van der Waals surface area contributed by atoms with E-state index in [1.807, 2.05) is 13.0 Å². The molecule has 5 heteroatoms. The molecule has 1 aromatic carbocycles. The van der Waals surface area contributed by atoms with Crippen LogP contribution in [0.2, 0.25) is 0 Å². The fourth-order valence-corrected chi connectivity index (χ4v) is 6.23. The molecule has 6 rings (SSSR count). The lowest BCUT2D eigenvalue weighted by molar-refractivity contribution is -0.166. The highest BCUT2D eigenvalue weighted by molar-refractivity contribution is 5.91. The van der Waals surface area contributed by atoms with E-state index >= 15 is 0 Å². The van der Waals surface area contributed by atoms with Gasteiger partial charge in [0.2, 0.25) is 0 Å². The predicted octanol–water partition coefficient (Wildman–Crippen LogP) is 2.23. The van der Waals surface area contributed by atoms with Crippen molar-refractivity contribution in [1.82, 2.24) is 9.88 Å². The van der Waals surface area contributed by atoms with Crippen LogP contribution in [0.3, 0.4) is 0 Å². The number of benzene rings is 1. The maximum Gasteiger partial charge on any atom is 0.319 e. The maximum absolute atomic E-state index is 13.3. The van der Waals surface area contributed by atoms with Gasteiger partial charge in [0.1, 0.15) is 5.41 Å². The minimum atomic E-state index is -0.706. The summed E-state index contributed by atoms with van der Waals surface area (Å²) in [6.07, 6.45) is 2.30. The monoisotopic (exact) mass is 354 g/mol. The summed E-state index contributed by atoms with van der Waals surface area (Å²) in [5, 5.41) is 11.7. The third-order valence-electron chi connectivity index (χ3n) is 7.09. The van der Waals surface area contributed by atoms with Crippen molar-refractivity contribution < 1.29 is 14.6 Å². The molecular weight excluding hydrogens is 328 g/mol. The van der Waals surface area contributed by atoms with Gasteiger partial charge in [-0.05, 0) is 43.7 Å². The van der Waals surface area contributed by atoms with Crippen molar-refractivity contribution in [3.05, 3.63) is 35.5 Å². The average molecular weight is 354 g/mol. The zero-order valence-electron chi connectivity index (χ0n) is 15.4. The van der Waals surface area contributed by atoms with Crippen LogP contribution in [0.5, 0.6) is 0 Å². The van der Waals surface area contributed by atoms with Gasteiger partial charge in [-0.25, -0.2) is 0 Å². The van der Waals surface area contributed by atoms with Crippen molar-refractivity contribution >= 4 is 16.9 Å². The summed E-state index contributed by atoms with van der Waals surface area (Å²) in [4.78, 5) is 19.4. The topological polar surface area (TPSA) is 65.6 Å². The number of para-hydroxylation sites is 1. The molecule has 6 atom stereocenters. The Morgan fingerprint density at radius 3 is 3.00 bits per heavy atom. The Bertz CT molecular complexity index is 873. The normalized spacial score (nSPS) is 36.4. The molecule has 26 heavy (non-hydrogen) atoms. The molecule has 2 N–H and O–H groups in total. The Hall–Kier alpha value is -1.85. The molecule has 1 aliphatic carbocycles. The molecule has 1 saturated carbocycles. The van der Waals surface area contributed by atoms with E-state index in [1.54, 1.807) is 0 Å². The Morgan fingerprint density at radius 1 is 1.42 bits per heavy atom. The summed E-state index contributed by atoms with van der Waals surface area (Å²) in [6, 6.07) is 8.31. The Labute approximate surface area is 153 Å². The highest BCUT2D eigenvalue weighted by Gasteiger charge is 2.63. The van der Waals surface area contributed by atoms with E-state index in [1.165, 1.54) is 18.1 Å². The van der Waals surface area contributed by atoms with Gasteiger partial charge in [-0.1, -0.05) is 18.2 Å². The van der Waals surface area contributed by atoms with Crippen LogP contribution in [-0.2, 0) is 21.4 Å². The second-order valence-corrected chi connectivity index (χ2v) is 8.39. The number of hydrogen-bond donors (Lipinski definition) is 2. The fraction of sp³-hybridized carbons (Fsp3) is 0.571. The SMILES string of the molecule is COC(=O)[C@@]12C[C@H]3C[C@H]([C@H](C)O)[C@@H]1N(CCc1c2[nH]c2ccccc12)C3. The number of ether oxygens (including phenoxy) is 1. The number of piperidine rings is 2. The molecule has 4 bridgehead atoms. The molecule has 138 valence electrons. The molecule has 0 spiro atoms. The summed E-state index contributed by atoms with van der Waals surface area (Å²) in [7, 11) is 1.49. The number of fused-ring (bicyclic) bond motifs is 4. The molecule has 3 aliphatic heterocycles. The van der Waals surface area contributed by atoms with Crippen molar-refractivity contribution in [1.29, 1.82) is 0 Å². The number of H-pyrrole nitrogens is 1. The number of nitrogens with zero attached hydrogens (tertiary/aromatic N) is 1. The van der Waals surface area contributed by atoms with Gasteiger partial charge in [0.25, 0.3) is 0 Å². The van der Waals surface area contributed by atoms with Gasteiger partial charge in [0, 0.05) is 41.6 Å². The lowest BCUT2D eigenvalue weighted by Crippen LogP contribution is -2.68. The number of aliphatic hydroxyl groups is 1. The van der Waals surface area contributed by atoms with Crippen LogP contribution in [-0.4, -0.2) is 53.3 Å². The number of nitrogens with one attached hydrogen (secondary N) is 1. The summed E-state index contributed by atoms with van der Waals surface area (Å²) in [5.74, 6) is 0.354. The third kappa shape index (κ3) is 1.96. The van der Waals surface area contributed by atoms with Gasteiger partial charge < -0.3 is 14.8 Å². The van der Waals surface area contributed by atoms with Crippen molar-refractivity contribution in [2.45, 2.75) is 43.7 Å². The third-order valence-corrected chi connectivity index (χ3v) is 7.09. The zero-order valence-corrected chi connectivity index (χ0v) is 15.4. The summed E-state index contributed by atoms with van der Waals surface area (Å²) < 4.78 is 5.39. The molecule has 1 unspecified atom stereocenters. The average Bonchev–Trinajstić information content (AvgIpc) is 3.00. The van der Waals surface area contributed by atoms with E-state index in [2.05, 4.69) is 28.1 Å². The Morgan fingerprint density at radius 2 is 2.23 bits per heavy atom. The van der Waals surface area contributed by atoms with E-state index in [0.29, 0.717) is 5.92 Å². The molecule has 2 aromatic rings. The fourth-order valence-electron chi connectivity index (χ4n) is 6.23. The predicted molar refractivity (Wildman–Crippen MR) is 99.0 cm³/mol.